The van der Waals surface area contributed by atoms with Gasteiger partial charge < -0.3 is 9.80 Å². The molecule has 7 rings (SSSR count). The second kappa shape index (κ2) is 8.41. The van der Waals surface area contributed by atoms with Crippen LogP contribution in [0, 0.1) is 5.41 Å². The number of aryl methyl sites for hydroxylation is 2. The second-order valence-corrected chi connectivity index (χ2v) is 10.7. The van der Waals surface area contributed by atoms with Gasteiger partial charge in [0.05, 0.1) is 11.9 Å². The molecule has 0 bridgehead atoms. The Morgan fingerprint density at radius 3 is 2.27 bits per heavy atom. The number of hydrogen-bond donors (Lipinski definition) is 0. The maximum atomic E-state index is 5.32. The van der Waals surface area contributed by atoms with E-state index in [1.54, 1.807) is 0 Å². The molecule has 4 heterocycles. The molecule has 37 heavy (non-hydrogen) atoms. The fourth-order valence-corrected chi connectivity index (χ4v) is 7.63. The normalized spacial score (nSPS) is 25.1. The summed E-state index contributed by atoms with van der Waals surface area (Å²) in [5.41, 5.74) is 6.39. The summed E-state index contributed by atoms with van der Waals surface area (Å²) in [5, 5.41) is 0. The van der Waals surface area contributed by atoms with Crippen molar-refractivity contribution in [3.63, 3.8) is 0 Å². The van der Waals surface area contributed by atoms with Crippen LogP contribution in [0.4, 0.5) is 23.0 Å². The van der Waals surface area contributed by atoms with Gasteiger partial charge in [0.25, 0.3) is 0 Å². The Bertz CT molecular complexity index is 1430. The van der Waals surface area contributed by atoms with E-state index in [0.717, 1.165) is 48.7 Å². The van der Waals surface area contributed by atoms with E-state index in [2.05, 4.69) is 89.3 Å². The van der Waals surface area contributed by atoms with Gasteiger partial charge in [-0.05, 0) is 74.4 Å². The molecule has 0 saturated heterocycles. The largest absolute Gasteiger partial charge is 0.301 e. The van der Waals surface area contributed by atoms with Gasteiger partial charge in [0.1, 0.15) is 6.17 Å². The molecule has 2 aromatic carbocycles. The number of para-hydroxylation sites is 2. The second-order valence-electron chi connectivity index (χ2n) is 10.7. The predicted molar refractivity (Wildman–Crippen MR) is 149 cm³/mol. The molecule has 4 aromatic rings. The molecule has 0 N–H and O–H groups in total. The molecule has 1 saturated carbocycles. The van der Waals surface area contributed by atoms with Crippen molar-refractivity contribution < 1.29 is 0 Å². The first kappa shape index (κ1) is 22.5. The molecule has 1 aliphatic carbocycles. The topological polar surface area (TPSA) is 45.2 Å². The first-order valence-electron chi connectivity index (χ1n) is 13.7. The van der Waals surface area contributed by atoms with Crippen LogP contribution in [0.5, 0.6) is 0 Å². The van der Waals surface area contributed by atoms with Gasteiger partial charge >= 0.3 is 0 Å². The Morgan fingerprint density at radius 2 is 1.54 bits per heavy atom. The minimum atomic E-state index is 0.127. The molecule has 0 radical (unpaired) electrons. The highest BCUT2D eigenvalue weighted by Crippen LogP contribution is 2.72. The van der Waals surface area contributed by atoms with E-state index in [4.69, 9.17) is 9.97 Å². The Kier molecular flexibility index (Phi) is 5.10. The Labute approximate surface area is 219 Å². The van der Waals surface area contributed by atoms with E-state index >= 15 is 0 Å². The van der Waals surface area contributed by atoms with E-state index in [0.29, 0.717) is 0 Å². The number of rotatable bonds is 6. The summed E-state index contributed by atoms with van der Waals surface area (Å²) in [5.74, 6) is 1.96. The summed E-state index contributed by atoms with van der Waals surface area (Å²) in [6, 6.07) is 26.0. The summed E-state index contributed by atoms with van der Waals surface area (Å²) >= 11 is 0. The molecule has 3 aliphatic rings. The number of anilines is 4. The van der Waals surface area contributed by atoms with Crippen LogP contribution in [-0.4, -0.2) is 21.1 Å². The molecule has 3 atom stereocenters. The van der Waals surface area contributed by atoms with Crippen LogP contribution < -0.4 is 9.80 Å². The van der Waals surface area contributed by atoms with E-state index in [1.165, 1.54) is 29.8 Å². The number of aromatic nitrogens is 3. The highest BCUT2D eigenvalue weighted by Gasteiger charge is 2.69. The number of fused-ring (bicyclic) bond motifs is 8. The van der Waals surface area contributed by atoms with Crippen molar-refractivity contribution in [2.75, 3.05) is 9.80 Å². The first-order chi connectivity index (χ1) is 18.2. The summed E-state index contributed by atoms with van der Waals surface area (Å²) in [7, 11) is 0. The van der Waals surface area contributed by atoms with Crippen LogP contribution in [0.2, 0.25) is 0 Å². The third kappa shape index (κ3) is 3.00. The summed E-state index contributed by atoms with van der Waals surface area (Å²) in [6.07, 6.45) is 10.4. The zero-order chi connectivity index (χ0) is 25.0. The van der Waals surface area contributed by atoms with Crippen molar-refractivity contribution in [1.82, 2.24) is 15.0 Å². The Hall–Kier alpha value is -3.73. The van der Waals surface area contributed by atoms with Gasteiger partial charge in [-0.25, -0.2) is 9.97 Å². The van der Waals surface area contributed by atoms with Crippen LogP contribution in [0.25, 0.3) is 0 Å². The fourth-order valence-electron chi connectivity index (χ4n) is 7.63. The van der Waals surface area contributed by atoms with Gasteiger partial charge in [-0.15, -0.1) is 0 Å². The number of nitrogens with zero attached hydrogens (tertiary/aromatic N) is 5. The standard InChI is InChI=1S/C32H33N5/c1-3-31-19-20-32(31,4-2)30-36(25-13-6-5-7-14-25)28-29(37(30)27-16-9-8-15-26(27)31)35-24(22-34-28)18-17-23-12-10-11-21-33-23/h5-16,21-22,30H,3-4,17-20H2,1-2H3. The highest BCUT2D eigenvalue weighted by molar-refractivity contribution is 5.87. The quantitative estimate of drug-likeness (QED) is 0.290. The summed E-state index contributed by atoms with van der Waals surface area (Å²) in [6.45, 7) is 4.78. The molecule has 0 spiro atoms. The Balaban J connectivity index is 1.41. The van der Waals surface area contributed by atoms with Gasteiger partial charge in [-0.3, -0.25) is 4.98 Å². The maximum Gasteiger partial charge on any atom is 0.178 e. The monoisotopic (exact) mass is 487 g/mol. The molecule has 5 heteroatoms. The zero-order valence-corrected chi connectivity index (χ0v) is 21.6. The van der Waals surface area contributed by atoms with Crippen LogP contribution in [-0.2, 0) is 18.3 Å². The van der Waals surface area contributed by atoms with Crippen molar-refractivity contribution in [3.8, 4) is 0 Å². The van der Waals surface area contributed by atoms with Crippen LogP contribution in [0.1, 0.15) is 56.5 Å². The van der Waals surface area contributed by atoms with Gasteiger partial charge in [-0.2, -0.15) is 0 Å². The Morgan fingerprint density at radius 1 is 0.757 bits per heavy atom. The van der Waals surface area contributed by atoms with Gasteiger partial charge in [0, 0.05) is 34.1 Å². The van der Waals surface area contributed by atoms with Crippen molar-refractivity contribution in [1.29, 1.82) is 0 Å². The van der Waals surface area contributed by atoms with E-state index in [9.17, 15) is 0 Å². The molecule has 1 fully saturated rings. The number of hydrogen-bond acceptors (Lipinski definition) is 5. The van der Waals surface area contributed by atoms with Gasteiger partial charge in [0.15, 0.2) is 11.6 Å². The SMILES string of the molecule is CCC12CCC1(CC)C1N(c3ccccc3)c3ncc(CCc4ccccn4)nc3N1c1ccccc12. The average molecular weight is 488 g/mol. The third-order valence-corrected chi connectivity index (χ3v) is 9.49. The fraction of sp³-hybridized carbons (Fsp3) is 0.344. The molecule has 2 aliphatic heterocycles. The van der Waals surface area contributed by atoms with Gasteiger partial charge in [-0.1, -0.05) is 56.3 Å². The molecule has 3 unspecified atom stereocenters. The van der Waals surface area contributed by atoms with Crippen LogP contribution in [0.3, 0.4) is 0 Å². The predicted octanol–water partition coefficient (Wildman–Crippen LogP) is 7.12. The van der Waals surface area contributed by atoms with Crippen molar-refractivity contribution in [3.05, 3.63) is 102 Å². The van der Waals surface area contributed by atoms with Crippen molar-refractivity contribution in [2.45, 2.75) is 64.0 Å². The number of pyridine rings is 1. The molecule has 186 valence electrons. The van der Waals surface area contributed by atoms with Crippen molar-refractivity contribution >= 4 is 23.0 Å². The smallest absolute Gasteiger partial charge is 0.178 e. The lowest BCUT2D eigenvalue weighted by Gasteiger charge is -2.68. The maximum absolute atomic E-state index is 5.32. The summed E-state index contributed by atoms with van der Waals surface area (Å²) in [4.78, 5) is 20.0. The summed E-state index contributed by atoms with van der Waals surface area (Å²) < 4.78 is 0. The molecular formula is C32H33N5. The van der Waals surface area contributed by atoms with Crippen LogP contribution in [0.15, 0.2) is 85.2 Å². The van der Waals surface area contributed by atoms with Crippen molar-refractivity contribution in [2.24, 2.45) is 5.41 Å². The van der Waals surface area contributed by atoms with Crippen LogP contribution >= 0.6 is 0 Å². The van der Waals surface area contributed by atoms with E-state index < -0.39 is 0 Å². The number of benzene rings is 2. The first-order valence-corrected chi connectivity index (χ1v) is 13.7. The van der Waals surface area contributed by atoms with E-state index in [1.807, 2.05) is 24.5 Å². The molecule has 2 aromatic heterocycles. The minimum Gasteiger partial charge on any atom is -0.301 e. The molecular weight excluding hydrogens is 454 g/mol. The van der Waals surface area contributed by atoms with E-state index in [-0.39, 0.29) is 17.0 Å². The zero-order valence-electron chi connectivity index (χ0n) is 21.6. The lowest BCUT2D eigenvalue weighted by atomic mass is 9.42. The highest BCUT2D eigenvalue weighted by atomic mass is 15.5. The molecule has 5 nitrogen and oxygen atoms in total. The lowest BCUT2D eigenvalue weighted by molar-refractivity contribution is -0.0455. The minimum absolute atomic E-state index is 0.127. The molecule has 0 amide bonds. The lowest BCUT2D eigenvalue weighted by Crippen LogP contribution is -2.69. The average Bonchev–Trinajstić information content (AvgIpc) is 3.28. The third-order valence-electron chi connectivity index (χ3n) is 9.49. The van der Waals surface area contributed by atoms with Gasteiger partial charge in [0.2, 0.25) is 0 Å².